The van der Waals surface area contributed by atoms with Crippen molar-refractivity contribution in [1.29, 1.82) is 0 Å². The van der Waals surface area contributed by atoms with Crippen LogP contribution in [-0.4, -0.2) is 19.1 Å². The minimum absolute atomic E-state index is 0.892. The van der Waals surface area contributed by atoms with Gasteiger partial charge in [0.15, 0.2) is 0 Å². The number of benzene rings is 7. The van der Waals surface area contributed by atoms with Crippen molar-refractivity contribution in [3.63, 3.8) is 0 Å². The van der Waals surface area contributed by atoms with E-state index in [2.05, 4.69) is 173 Å². The van der Waals surface area contributed by atoms with Crippen molar-refractivity contribution in [2.24, 2.45) is 0 Å². The standard InChI is InChI=1S/C48H28N4/c1-2-11-33(12-3-1)51-40-16-7-6-14-35(40)38-27-31(18-21-41(38)51)32-19-22-42-39(28-32)46-34-13-5-4-9-29(34)17-23-43(46)52(42)44-24-20-37-36-15-8-10-30-25-26-49-48(45(30)36)47(37)50-44/h1-28H. The zero-order valence-corrected chi connectivity index (χ0v) is 28.0. The molecule has 0 unspecified atom stereocenters. The number of rotatable bonds is 3. The van der Waals surface area contributed by atoms with Gasteiger partial charge < -0.3 is 4.57 Å². The molecule has 0 spiro atoms. The molecule has 0 atom stereocenters. The highest BCUT2D eigenvalue weighted by atomic mass is 15.1. The van der Waals surface area contributed by atoms with Crippen LogP contribution in [0.15, 0.2) is 170 Å². The van der Waals surface area contributed by atoms with Crippen LogP contribution in [0.5, 0.6) is 0 Å². The van der Waals surface area contributed by atoms with Gasteiger partial charge in [-0.25, -0.2) is 4.98 Å². The molecule has 11 aromatic rings. The summed E-state index contributed by atoms with van der Waals surface area (Å²) in [6.45, 7) is 0. The van der Waals surface area contributed by atoms with E-state index in [1.165, 1.54) is 76.5 Å². The Morgan fingerprint density at radius 2 is 1.10 bits per heavy atom. The van der Waals surface area contributed by atoms with Crippen molar-refractivity contribution in [1.82, 2.24) is 19.1 Å². The SMILES string of the molecule is c1ccc(-n2c3ccccc3c3cc(-c4ccc5c(c4)c4c6ccccc6ccc4n5-c4ccc5c(n4)-c4nccc6cccc-5c46)ccc32)cc1. The average Bonchev–Trinajstić information content (AvgIpc) is 3.84. The maximum absolute atomic E-state index is 5.39. The average molecular weight is 661 g/mol. The molecule has 4 nitrogen and oxygen atoms in total. The Morgan fingerprint density at radius 3 is 1.98 bits per heavy atom. The van der Waals surface area contributed by atoms with Crippen LogP contribution >= 0.6 is 0 Å². The smallest absolute Gasteiger partial charge is 0.138 e. The van der Waals surface area contributed by atoms with Crippen molar-refractivity contribution in [3.05, 3.63) is 170 Å². The van der Waals surface area contributed by atoms with Gasteiger partial charge in [-0.15, -0.1) is 0 Å². The molecule has 0 saturated carbocycles. The number of fused-ring (bicyclic) bond motifs is 11. The Balaban J connectivity index is 1.10. The lowest BCUT2D eigenvalue weighted by molar-refractivity contribution is 1.08. The zero-order chi connectivity index (χ0) is 33.9. The van der Waals surface area contributed by atoms with Gasteiger partial charge in [-0.2, -0.15) is 0 Å². The third-order valence-electron chi connectivity index (χ3n) is 11.1. The highest BCUT2D eigenvalue weighted by Crippen LogP contribution is 2.46. The Labute approximate surface area is 298 Å². The number of hydrogen-bond donors (Lipinski definition) is 0. The first-order valence-corrected chi connectivity index (χ1v) is 17.7. The zero-order valence-electron chi connectivity index (χ0n) is 28.0. The summed E-state index contributed by atoms with van der Waals surface area (Å²) >= 11 is 0. The lowest BCUT2D eigenvalue weighted by atomic mass is 9.99. The summed E-state index contributed by atoms with van der Waals surface area (Å²) in [7, 11) is 0. The van der Waals surface area contributed by atoms with Crippen molar-refractivity contribution in [2.45, 2.75) is 0 Å². The van der Waals surface area contributed by atoms with E-state index in [9.17, 15) is 0 Å². The van der Waals surface area contributed by atoms with Gasteiger partial charge in [0, 0.05) is 44.4 Å². The summed E-state index contributed by atoms with van der Waals surface area (Å²) in [6, 6.07) is 59.3. The lowest BCUT2D eigenvalue weighted by Crippen LogP contribution is -1.99. The number of pyridine rings is 2. The normalized spacial score (nSPS) is 12.2. The molecular formula is C48H28N4. The van der Waals surface area contributed by atoms with E-state index in [0.29, 0.717) is 0 Å². The Morgan fingerprint density at radius 1 is 0.385 bits per heavy atom. The van der Waals surface area contributed by atoms with Crippen LogP contribution < -0.4 is 0 Å². The predicted molar refractivity (Wildman–Crippen MR) is 216 cm³/mol. The fourth-order valence-corrected chi connectivity index (χ4v) is 8.83. The molecule has 12 rings (SSSR count). The largest absolute Gasteiger partial charge is 0.309 e. The molecule has 0 fully saturated rings. The molecule has 1 aliphatic carbocycles. The number of aromatic nitrogens is 4. The van der Waals surface area contributed by atoms with Gasteiger partial charge in [0.1, 0.15) is 5.82 Å². The molecule has 0 aliphatic heterocycles. The molecule has 1 aliphatic rings. The molecule has 0 bridgehead atoms. The van der Waals surface area contributed by atoms with E-state index in [1.54, 1.807) is 0 Å². The van der Waals surface area contributed by atoms with Crippen LogP contribution in [0, 0.1) is 0 Å². The molecule has 0 radical (unpaired) electrons. The van der Waals surface area contributed by atoms with Crippen molar-refractivity contribution in [3.8, 4) is 45.1 Å². The number of nitrogens with zero attached hydrogens (tertiary/aromatic N) is 4. The predicted octanol–water partition coefficient (Wildman–Crippen LogP) is 12.3. The fourth-order valence-electron chi connectivity index (χ4n) is 8.83. The summed E-state index contributed by atoms with van der Waals surface area (Å²) in [5.74, 6) is 0.892. The summed E-state index contributed by atoms with van der Waals surface area (Å²) in [5, 5.41) is 9.79. The Kier molecular flexibility index (Phi) is 5.47. The molecule has 4 heterocycles. The minimum Gasteiger partial charge on any atom is -0.309 e. The monoisotopic (exact) mass is 660 g/mol. The molecule has 52 heavy (non-hydrogen) atoms. The van der Waals surface area contributed by atoms with Crippen LogP contribution in [0.25, 0.3) is 110 Å². The number of para-hydroxylation sites is 2. The molecule has 0 N–H and O–H groups in total. The fraction of sp³-hybridized carbons (Fsp3) is 0. The van der Waals surface area contributed by atoms with E-state index < -0.39 is 0 Å². The van der Waals surface area contributed by atoms with Crippen molar-refractivity contribution < 1.29 is 0 Å². The van der Waals surface area contributed by atoms with Crippen LogP contribution in [0.3, 0.4) is 0 Å². The molecule has 7 aromatic carbocycles. The van der Waals surface area contributed by atoms with Gasteiger partial charge in [0.25, 0.3) is 0 Å². The third kappa shape index (κ3) is 3.70. The van der Waals surface area contributed by atoms with Crippen LogP contribution in [-0.2, 0) is 0 Å². The van der Waals surface area contributed by atoms with E-state index in [-0.39, 0.29) is 0 Å². The van der Waals surface area contributed by atoms with Gasteiger partial charge in [-0.3, -0.25) is 9.55 Å². The second-order valence-electron chi connectivity index (χ2n) is 13.8. The molecule has 4 aromatic heterocycles. The van der Waals surface area contributed by atoms with Gasteiger partial charge in [0.2, 0.25) is 0 Å². The molecule has 4 heteroatoms. The summed E-state index contributed by atoms with van der Waals surface area (Å²) in [4.78, 5) is 10.2. The molecule has 240 valence electrons. The first-order valence-electron chi connectivity index (χ1n) is 17.7. The first kappa shape index (κ1) is 27.7. The summed E-state index contributed by atoms with van der Waals surface area (Å²) in [6.07, 6.45) is 1.90. The highest BCUT2D eigenvalue weighted by molar-refractivity contribution is 6.22. The van der Waals surface area contributed by atoms with Crippen LogP contribution in [0.2, 0.25) is 0 Å². The topological polar surface area (TPSA) is 35.6 Å². The second kappa shape index (κ2) is 10.3. The maximum Gasteiger partial charge on any atom is 0.138 e. The number of hydrogen-bond acceptors (Lipinski definition) is 2. The van der Waals surface area contributed by atoms with Gasteiger partial charge in [-0.05, 0) is 99.6 Å². The quantitative estimate of drug-likeness (QED) is 0.189. The Bertz CT molecular complexity index is 3290. The van der Waals surface area contributed by atoms with E-state index >= 15 is 0 Å². The molecular weight excluding hydrogens is 633 g/mol. The minimum atomic E-state index is 0.892. The van der Waals surface area contributed by atoms with Crippen LogP contribution in [0.4, 0.5) is 0 Å². The van der Waals surface area contributed by atoms with Gasteiger partial charge in [-0.1, -0.05) is 97.1 Å². The molecule has 0 amide bonds. The van der Waals surface area contributed by atoms with E-state index in [1.807, 2.05) is 6.20 Å². The van der Waals surface area contributed by atoms with Crippen molar-refractivity contribution in [2.75, 3.05) is 0 Å². The first-order chi connectivity index (χ1) is 25.8. The van der Waals surface area contributed by atoms with Gasteiger partial charge in [0.05, 0.1) is 33.5 Å². The van der Waals surface area contributed by atoms with E-state index in [4.69, 9.17) is 9.97 Å². The Hall–Kier alpha value is -7.04. The summed E-state index contributed by atoms with van der Waals surface area (Å²) in [5.41, 5.74) is 12.5. The summed E-state index contributed by atoms with van der Waals surface area (Å²) < 4.78 is 4.70. The van der Waals surface area contributed by atoms with Gasteiger partial charge >= 0.3 is 0 Å². The highest BCUT2D eigenvalue weighted by Gasteiger charge is 2.25. The third-order valence-corrected chi connectivity index (χ3v) is 11.1. The van der Waals surface area contributed by atoms with Crippen LogP contribution in [0.1, 0.15) is 0 Å². The lowest BCUT2D eigenvalue weighted by Gasteiger charge is -2.10. The maximum atomic E-state index is 5.39. The second-order valence-corrected chi connectivity index (χ2v) is 13.8. The van der Waals surface area contributed by atoms with E-state index in [0.717, 1.165) is 33.8 Å². The molecule has 0 saturated heterocycles. The van der Waals surface area contributed by atoms with Crippen molar-refractivity contribution >= 4 is 65.2 Å².